The number of carbonyl (C=O) groups excluding carboxylic acids is 1. The summed E-state index contributed by atoms with van der Waals surface area (Å²) in [5.41, 5.74) is 0.930. The molecule has 8 nitrogen and oxygen atoms in total. The van der Waals surface area contributed by atoms with Crippen LogP contribution >= 0.6 is 23.1 Å². The number of benzene rings is 1. The highest BCUT2D eigenvalue weighted by Crippen LogP contribution is 2.28. The maximum Gasteiger partial charge on any atom is 0.236 e. The zero-order chi connectivity index (χ0) is 19.9. The molecule has 1 N–H and O–H groups in total. The average Bonchev–Trinajstić information content (AvgIpc) is 3.33. The topological polar surface area (TPSA) is 94.8 Å². The summed E-state index contributed by atoms with van der Waals surface area (Å²) in [6.07, 6.45) is 0.812. The maximum atomic E-state index is 12.3. The number of nitrogens with zero attached hydrogens (tertiary/aromatic N) is 5. The third-order valence-corrected chi connectivity index (χ3v) is 5.70. The number of hydrogen-bond acceptors (Lipinski definition) is 8. The lowest BCUT2D eigenvalue weighted by molar-refractivity contribution is -0.113. The van der Waals surface area contributed by atoms with E-state index in [4.69, 9.17) is 4.74 Å². The molecule has 10 heteroatoms. The van der Waals surface area contributed by atoms with Gasteiger partial charge in [0.25, 0.3) is 0 Å². The van der Waals surface area contributed by atoms with E-state index < -0.39 is 0 Å². The van der Waals surface area contributed by atoms with Crippen molar-refractivity contribution in [3.8, 4) is 16.3 Å². The molecule has 0 bridgehead atoms. The Morgan fingerprint density at radius 2 is 1.93 bits per heavy atom. The third kappa shape index (κ3) is 4.87. The van der Waals surface area contributed by atoms with E-state index in [9.17, 15) is 4.79 Å². The molecular formula is C18H22N6O2S2. The van der Waals surface area contributed by atoms with Crippen LogP contribution in [0, 0.1) is 0 Å². The number of carbonyl (C=O) groups is 1. The van der Waals surface area contributed by atoms with Crippen LogP contribution in [0.4, 0.5) is 5.13 Å². The lowest BCUT2D eigenvalue weighted by atomic mass is 10.2. The quantitative estimate of drug-likeness (QED) is 0.531. The van der Waals surface area contributed by atoms with Crippen LogP contribution in [-0.2, 0) is 17.8 Å². The Balaban J connectivity index is 1.57. The molecule has 0 aliphatic heterocycles. The molecule has 28 heavy (non-hydrogen) atoms. The molecule has 0 atom stereocenters. The van der Waals surface area contributed by atoms with Crippen molar-refractivity contribution in [1.29, 1.82) is 0 Å². The van der Waals surface area contributed by atoms with Gasteiger partial charge < -0.3 is 9.30 Å². The Kier molecular flexibility index (Phi) is 6.99. The molecule has 3 rings (SSSR count). The van der Waals surface area contributed by atoms with Gasteiger partial charge in [0.15, 0.2) is 5.16 Å². The zero-order valence-electron chi connectivity index (χ0n) is 16.0. The first-order valence-corrected chi connectivity index (χ1v) is 10.9. The number of thioether (sulfide) groups is 1. The number of anilines is 1. The second kappa shape index (κ2) is 9.65. The molecule has 0 saturated heterocycles. The second-order valence-corrected chi connectivity index (χ2v) is 7.62. The van der Waals surface area contributed by atoms with Crippen molar-refractivity contribution in [3.63, 3.8) is 0 Å². The number of nitrogens with one attached hydrogen (secondary N) is 1. The van der Waals surface area contributed by atoms with Crippen molar-refractivity contribution in [2.24, 2.45) is 0 Å². The van der Waals surface area contributed by atoms with Crippen LogP contribution in [0.1, 0.15) is 26.6 Å². The summed E-state index contributed by atoms with van der Waals surface area (Å²) in [5.74, 6) is 1.82. The third-order valence-electron chi connectivity index (χ3n) is 3.84. The Labute approximate surface area is 171 Å². The smallest absolute Gasteiger partial charge is 0.236 e. The van der Waals surface area contributed by atoms with Crippen molar-refractivity contribution >= 4 is 34.1 Å². The standard InChI is InChI=1S/C18H22N6O2S2/c1-4-14-20-23-18(24(14)5-2)27-11-15(25)19-17-22-21-16(28-17)12-7-9-13(10-8-12)26-6-3/h7-10H,4-6,11H2,1-3H3,(H,19,22,25). The van der Waals surface area contributed by atoms with Gasteiger partial charge in [0.05, 0.1) is 12.4 Å². The number of aromatic nitrogens is 5. The first-order valence-electron chi connectivity index (χ1n) is 9.06. The normalized spacial score (nSPS) is 10.8. The highest BCUT2D eigenvalue weighted by Gasteiger charge is 2.14. The molecule has 3 aromatic rings. The van der Waals surface area contributed by atoms with Crippen LogP contribution in [0.3, 0.4) is 0 Å². The van der Waals surface area contributed by atoms with Crippen LogP contribution in [0.25, 0.3) is 10.6 Å². The van der Waals surface area contributed by atoms with E-state index >= 15 is 0 Å². The molecule has 1 amide bonds. The van der Waals surface area contributed by atoms with E-state index in [2.05, 4.69) is 25.7 Å². The fourth-order valence-corrected chi connectivity index (χ4v) is 4.13. The van der Waals surface area contributed by atoms with E-state index in [0.717, 1.165) is 40.3 Å². The predicted octanol–water partition coefficient (Wildman–Crippen LogP) is 3.51. The van der Waals surface area contributed by atoms with E-state index in [1.165, 1.54) is 23.1 Å². The fraction of sp³-hybridized carbons (Fsp3) is 0.389. The number of ether oxygens (including phenoxy) is 1. The average molecular weight is 419 g/mol. The number of amides is 1. The zero-order valence-corrected chi connectivity index (χ0v) is 17.6. The minimum Gasteiger partial charge on any atom is -0.494 e. The van der Waals surface area contributed by atoms with Crippen molar-refractivity contribution in [1.82, 2.24) is 25.0 Å². The van der Waals surface area contributed by atoms with E-state index in [0.29, 0.717) is 11.7 Å². The van der Waals surface area contributed by atoms with E-state index in [-0.39, 0.29) is 11.7 Å². The first kappa shape index (κ1) is 20.3. The maximum absolute atomic E-state index is 12.3. The van der Waals surface area contributed by atoms with Gasteiger partial charge in [0.1, 0.15) is 16.6 Å². The van der Waals surface area contributed by atoms with E-state index in [1.807, 2.05) is 49.6 Å². The van der Waals surface area contributed by atoms with Gasteiger partial charge in [-0.05, 0) is 38.1 Å². The first-order chi connectivity index (χ1) is 13.6. The van der Waals surface area contributed by atoms with Crippen LogP contribution in [-0.4, -0.2) is 43.2 Å². The van der Waals surface area contributed by atoms with Gasteiger partial charge in [-0.25, -0.2) is 0 Å². The SMILES string of the molecule is CCOc1ccc(-c2nnc(NC(=O)CSc3nnc(CC)n3CC)s2)cc1. The Hall–Kier alpha value is -2.46. The number of rotatable bonds is 9. The van der Waals surface area contributed by atoms with Gasteiger partial charge in [-0.1, -0.05) is 30.0 Å². The predicted molar refractivity (Wildman–Crippen MR) is 111 cm³/mol. The molecule has 0 aliphatic carbocycles. The number of hydrogen-bond donors (Lipinski definition) is 1. The summed E-state index contributed by atoms with van der Waals surface area (Å²) in [6.45, 7) is 7.43. The fourth-order valence-electron chi connectivity index (χ4n) is 2.54. The summed E-state index contributed by atoms with van der Waals surface area (Å²) in [4.78, 5) is 12.3. The van der Waals surface area contributed by atoms with Crippen molar-refractivity contribution in [2.75, 3.05) is 17.7 Å². The molecule has 2 aromatic heterocycles. The summed E-state index contributed by atoms with van der Waals surface area (Å²) >= 11 is 2.70. The van der Waals surface area contributed by atoms with Crippen molar-refractivity contribution < 1.29 is 9.53 Å². The largest absolute Gasteiger partial charge is 0.494 e. The minimum atomic E-state index is -0.150. The summed E-state index contributed by atoms with van der Waals surface area (Å²) < 4.78 is 7.46. The lowest BCUT2D eigenvalue weighted by Crippen LogP contribution is -2.14. The molecule has 0 saturated carbocycles. The Morgan fingerprint density at radius 1 is 1.14 bits per heavy atom. The van der Waals surface area contributed by atoms with Crippen molar-refractivity contribution in [2.45, 2.75) is 38.9 Å². The van der Waals surface area contributed by atoms with Gasteiger partial charge >= 0.3 is 0 Å². The summed E-state index contributed by atoms with van der Waals surface area (Å²) in [6, 6.07) is 7.64. The molecule has 0 spiro atoms. The highest BCUT2D eigenvalue weighted by molar-refractivity contribution is 7.99. The summed E-state index contributed by atoms with van der Waals surface area (Å²) in [5, 5.41) is 21.3. The van der Waals surface area contributed by atoms with Crippen LogP contribution in [0.2, 0.25) is 0 Å². The molecule has 0 fully saturated rings. The van der Waals surface area contributed by atoms with E-state index in [1.54, 1.807) is 0 Å². The van der Waals surface area contributed by atoms with Crippen LogP contribution < -0.4 is 10.1 Å². The number of aryl methyl sites for hydroxylation is 1. The highest BCUT2D eigenvalue weighted by atomic mass is 32.2. The van der Waals surface area contributed by atoms with Crippen LogP contribution in [0.5, 0.6) is 5.75 Å². The van der Waals surface area contributed by atoms with Crippen molar-refractivity contribution in [3.05, 3.63) is 30.1 Å². The minimum absolute atomic E-state index is 0.150. The Bertz CT molecular complexity index is 923. The molecule has 1 aromatic carbocycles. The molecule has 0 unspecified atom stereocenters. The van der Waals surface area contributed by atoms with Gasteiger partial charge in [0, 0.05) is 18.5 Å². The monoisotopic (exact) mass is 418 g/mol. The molecular weight excluding hydrogens is 396 g/mol. The molecule has 0 aliphatic rings. The van der Waals surface area contributed by atoms with Gasteiger partial charge in [0.2, 0.25) is 11.0 Å². The second-order valence-electron chi connectivity index (χ2n) is 5.70. The molecule has 148 valence electrons. The van der Waals surface area contributed by atoms with Crippen LogP contribution in [0.15, 0.2) is 29.4 Å². The molecule has 0 radical (unpaired) electrons. The lowest BCUT2D eigenvalue weighted by Gasteiger charge is -2.05. The summed E-state index contributed by atoms with van der Waals surface area (Å²) in [7, 11) is 0. The van der Waals surface area contributed by atoms with Gasteiger partial charge in [-0.3, -0.25) is 10.1 Å². The Morgan fingerprint density at radius 3 is 2.61 bits per heavy atom. The van der Waals surface area contributed by atoms with Gasteiger partial charge in [-0.15, -0.1) is 20.4 Å². The molecule has 2 heterocycles. The van der Waals surface area contributed by atoms with Gasteiger partial charge in [-0.2, -0.15) is 0 Å².